The highest BCUT2D eigenvalue weighted by molar-refractivity contribution is 5.89. The predicted octanol–water partition coefficient (Wildman–Crippen LogP) is -1.24. The number of fused-ring (bicyclic) bond motifs is 1. The molecule has 9 N–H and O–H groups in total. The van der Waals surface area contributed by atoms with Gasteiger partial charge in [-0.1, -0.05) is 0 Å². The molecule has 14 heteroatoms. The van der Waals surface area contributed by atoms with Gasteiger partial charge in [-0.25, -0.2) is 4.79 Å². The van der Waals surface area contributed by atoms with Gasteiger partial charge in [-0.2, -0.15) is 0 Å². The minimum absolute atomic E-state index is 0.00857. The monoisotopic (exact) mass is 521 g/mol. The molecule has 2 heterocycles. The number of phenols is 3. The molecule has 2 aromatic carbocycles. The molecule has 4 unspecified atom stereocenters. The van der Waals surface area contributed by atoms with Gasteiger partial charge in [0.1, 0.15) is 22.5 Å². The summed E-state index contributed by atoms with van der Waals surface area (Å²) in [5.74, 6) is -8.04. The van der Waals surface area contributed by atoms with Crippen molar-refractivity contribution in [1.29, 1.82) is 0 Å². The Labute approximate surface area is 206 Å². The maximum Gasteiger partial charge on any atom is 0.340 e. The topological polar surface area (TPSA) is 240 Å². The van der Waals surface area contributed by atoms with Gasteiger partial charge < -0.3 is 60.1 Å². The van der Waals surface area contributed by atoms with Crippen LogP contribution in [0.4, 0.5) is 0 Å². The number of hydrogen-bond acceptors (Lipinski definition) is 13. The van der Waals surface area contributed by atoms with E-state index in [9.17, 15) is 50.4 Å². The van der Waals surface area contributed by atoms with Crippen molar-refractivity contribution in [3.8, 4) is 34.3 Å². The molecular weight excluding hydrogens is 498 g/mol. The number of likely N-dealkylation sites (N-methyl/N-ethyl adjacent to an activating group) is 1. The maximum absolute atomic E-state index is 12.7. The van der Waals surface area contributed by atoms with E-state index in [2.05, 4.69) is 5.32 Å². The number of benzene rings is 2. The number of carboxylic acids is 1. The van der Waals surface area contributed by atoms with Crippen LogP contribution in [-0.2, 0) is 9.53 Å². The number of carbonyl (C=O) groups is 1. The van der Waals surface area contributed by atoms with E-state index in [1.807, 2.05) is 0 Å². The number of nitrogens with one attached hydrogen (secondary N) is 1. The van der Waals surface area contributed by atoms with E-state index in [1.54, 1.807) is 0 Å². The van der Waals surface area contributed by atoms with Crippen LogP contribution in [0.2, 0.25) is 0 Å². The molecule has 4 atom stereocenters. The van der Waals surface area contributed by atoms with Crippen LogP contribution in [0.5, 0.6) is 23.0 Å². The summed E-state index contributed by atoms with van der Waals surface area (Å²) < 4.78 is 16.2. The summed E-state index contributed by atoms with van der Waals surface area (Å²) in [6, 6.07) is 7.54. The molecule has 1 fully saturated rings. The van der Waals surface area contributed by atoms with E-state index in [4.69, 9.17) is 13.9 Å². The minimum Gasteiger partial charge on any atom is -0.508 e. The first-order valence-corrected chi connectivity index (χ1v) is 10.7. The zero-order valence-corrected chi connectivity index (χ0v) is 19.0. The molecule has 14 nitrogen and oxygen atoms in total. The zero-order valence-electron chi connectivity index (χ0n) is 19.0. The van der Waals surface area contributed by atoms with Crippen LogP contribution in [0.3, 0.4) is 0 Å². The summed E-state index contributed by atoms with van der Waals surface area (Å²) in [5, 5.41) is 83.3. The second-order valence-corrected chi connectivity index (χ2v) is 8.43. The highest BCUT2D eigenvalue weighted by Gasteiger charge is 2.66. The molecule has 0 saturated carbocycles. The lowest BCUT2D eigenvalue weighted by Crippen LogP contribution is -2.76. The van der Waals surface area contributed by atoms with Gasteiger partial charge in [0.25, 0.3) is 0 Å². The first-order chi connectivity index (χ1) is 17.3. The first kappa shape index (κ1) is 26.2. The summed E-state index contributed by atoms with van der Waals surface area (Å²) in [7, 11) is 1.29. The van der Waals surface area contributed by atoms with Crippen molar-refractivity contribution in [2.24, 2.45) is 0 Å². The average Bonchev–Trinajstić information content (AvgIpc) is 2.84. The van der Waals surface area contributed by atoms with Gasteiger partial charge in [0, 0.05) is 24.2 Å². The second-order valence-electron chi connectivity index (χ2n) is 8.43. The van der Waals surface area contributed by atoms with Crippen molar-refractivity contribution in [2.45, 2.75) is 29.9 Å². The van der Waals surface area contributed by atoms with Crippen LogP contribution in [0, 0.1) is 0 Å². The second kappa shape index (κ2) is 9.19. The van der Waals surface area contributed by atoms with Gasteiger partial charge in [-0.15, -0.1) is 0 Å². The van der Waals surface area contributed by atoms with Crippen molar-refractivity contribution >= 4 is 16.9 Å². The van der Waals surface area contributed by atoms with E-state index in [0.29, 0.717) is 5.56 Å². The average molecular weight is 521 g/mol. The van der Waals surface area contributed by atoms with Gasteiger partial charge >= 0.3 is 5.97 Å². The summed E-state index contributed by atoms with van der Waals surface area (Å²) in [6.07, 6.45) is -7.25. The quantitative estimate of drug-likeness (QED) is 0.136. The molecule has 1 saturated heterocycles. The first-order valence-electron chi connectivity index (χ1n) is 10.7. The molecule has 0 radical (unpaired) electrons. The van der Waals surface area contributed by atoms with Gasteiger partial charge in [0.05, 0.1) is 0 Å². The van der Waals surface area contributed by atoms with Gasteiger partial charge in [0.15, 0.2) is 29.1 Å². The number of rotatable bonds is 6. The van der Waals surface area contributed by atoms with E-state index >= 15 is 0 Å². The van der Waals surface area contributed by atoms with Crippen molar-refractivity contribution in [3.05, 3.63) is 46.6 Å². The predicted molar refractivity (Wildman–Crippen MR) is 122 cm³/mol. The van der Waals surface area contributed by atoms with Crippen molar-refractivity contribution in [2.75, 3.05) is 13.6 Å². The minimum atomic E-state index is -3.45. The van der Waals surface area contributed by atoms with Crippen LogP contribution in [0.15, 0.2) is 45.6 Å². The fourth-order valence-electron chi connectivity index (χ4n) is 4.03. The summed E-state index contributed by atoms with van der Waals surface area (Å²) in [4.78, 5) is 24.6. The van der Waals surface area contributed by atoms with Crippen molar-refractivity contribution < 1.29 is 59.5 Å². The molecular formula is C23H23NO13. The number of carboxylic acid groups (broad SMARTS) is 1. The summed E-state index contributed by atoms with van der Waals surface area (Å²) in [6.45, 7) is -0.668. The third kappa shape index (κ3) is 4.21. The van der Waals surface area contributed by atoms with Crippen LogP contribution in [0.1, 0.15) is 0 Å². The molecule has 1 aromatic heterocycles. The Kier molecular flexibility index (Phi) is 6.49. The van der Waals surface area contributed by atoms with E-state index in [-0.39, 0.29) is 17.1 Å². The molecule has 37 heavy (non-hydrogen) atoms. The SMILES string of the molecule is CNCC1(C(=O)O)OC(Oc2cc3oc(-c4ccc(O)cc4)cc(=O)c3c(O)c2O)C(O)C(O)(O)C1O. The Balaban J connectivity index is 1.81. The lowest BCUT2D eigenvalue weighted by Gasteiger charge is -2.49. The fraction of sp³-hybridized carbons (Fsp3) is 0.304. The number of hydrogen-bond donors (Lipinski definition) is 9. The Morgan fingerprint density at radius 3 is 2.32 bits per heavy atom. The number of ether oxygens (including phenoxy) is 2. The van der Waals surface area contributed by atoms with Gasteiger partial charge in [-0.3, -0.25) is 4.79 Å². The number of aliphatic hydroxyl groups is 4. The van der Waals surface area contributed by atoms with Crippen LogP contribution < -0.4 is 15.5 Å². The smallest absolute Gasteiger partial charge is 0.340 e. The molecule has 1 aliphatic rings. The molecule has 0 aliphatic carbocycles. The maximum atomic E-state index is 12.7. The molecule has 0 amide bonds. The van der Waals surface area contributed by atoms with Crippen LogP contribution in [-0.4, -0.2) is 90.3 Å². The summed E-state index contributed by atoms with van der Waals surface area (Å²) >= 11 is 0. The molecule has 0 spiro atoms. The fourth-order valence-corrected chi connectivity index (χ4v) is 4.03. The number of phenolic OH excluding ortho intramolecular Hbond substituents is 3. The van der Waals surface area contributed by atoms with Crippen LogP contribution >= 0.6 is 0 Å². The van der Waals surface area contributed by atoms with E-state index in [0.717, 1.165) is 12.1 Å². The molecule has 1 aliphatic heterocycles. The molecule has 3 aromatic rings. The lowest BCUT2D eigenvalue weighted by atomic mass is 9.83. The van der Waals surface area contributed by atoms with Crippen molar-refractivity contribution in [3.63, 3.8) is 0 Å². The highest BCUT2D eigenvalue weighted by atomic mass is 16.7. The van der Waals surface area contributed by atoms with Crippen molar-refractivity contribution in [1.82, 2.24) is 5.32 Å². The molecule has 4 rings (SSSR count). The Bertz CT molecular complexity index is 1400. The lowest BCUT2D eigenvalue weighted by molar-refractivity contribution is -0.391. The Hall–Kier alpha value is -3.92. The third-order valence-electron chi connectivity index (χ3n) is 5.99. The molecule has 198 valence electrons. The zero-order chi connectivity index (χ0) is 27.3. The van der Waals surface area contributed by atoms with E-state index in [1.165, 1.54) is 31.3 Å². The largest absolute Gasteiger partial charge is 0.508 e. The van der Waals surface area contributed by atoms with E-state index < -0.39 is 70.5 Å². The van der Waals surface area contributed by atoms with Gasteiger partial charge in [0.2, 0.25) is 23.4 Å². The number of aliphatic hydroxyl groups excluding tert-OH is 2. The highest BCUT2D eigenvalue weighted by Crippen LogP contribution is 2.44. The number of aliphatic carboxylic acids is 1. The number of aromatic hydroxyl groups is 3. The summed E-state index contributed by atoms with van der Waals surface area (Å²) in [5.41, 5.74) is -3.43. The Morgan fingerprint density at radius 1 is 1.08 bits per heavy atom. The van der Waals surface area contributed by atoms with Crippen LogP contribution in [0.25, 0.3) is 22.3 Å². The normalized spacial score (nSPS) is 25.2. The van der Waals surface area contributed by atoms with Gasteiger partial charge in [-0.05, 0) is 31.3 Å². The standard InChI is InChI=1S/C23H23NO13/c1-24-8-22(21(31)32)20(30)23(33,34)18(29)19(37-22)36-14-7-13-15(17(28)16(14)27)11(26)6-12(35-13)9-2-4-10(25)5-3-9/h2-7,18-20,24-25,27-30,33-34H,8H2,1H3,(H,31,32). The Morgan fingerprint density at radius 2 is 1.73 bits per heavy atom. The molecule has 0 bridgehead atoms. The third-order valence-corrected chi connectivity index (χ3v) is 5.99.